The van der Waals surface area contributed by atoms with Gasteiger partial charge in [0.05, 0.1) is 5.69 Å². The van der Waals surface area contributed by atoms with Gasteiger partial charge in [0.25, 0.3) is 5.91 Å². The van der Waals surface area contributed by atoms with Crippen LogP contribution in [0.3, 0.4) is 0 Å². The average molecular weight is 329 g/mol. The first-order chi connectivity index (χ1) is 11.6. The molecule has 0 fully saturated rings. The number of aromatic amines is 1. The van der Waals surface area contributed by atoms with Gasteiger partial charge in [-0.05, 0) is 18.2 Å². The lowest BCUT2D eigenvalue weighted by atomic mass is 10.1. The molecular formula is C15H15N5O4. The predicted molar refractivity (Wildman–Crippen MR) is 83.9 cm³/mol. The van der Waals surface area contributed by atoms with Crippen LogP contribution in [-0.4, -0.2) is 45.9 Å². The Morgan fingerprint density at radius 3 is 2.96 bits per heavy atom. The molecule has 9 nitrogen and oxygen atoms in total. The van der Waals surface area contributed by atoms with E-state index < -0.39 is 5.91 Å². The molecule has 9 heteroatoms. The van der Waals surface area contributed by atoms with Crippen molar-refractivity contribution in [2.75, 3.05) is 23.4 Å². The number of Topliss-reactive ketones (excluding diaryl/α,β-unsaturated/α-hetero) is 1. The summed E-state index contributed by atoms with van der Waals surface area (Å²) in [5, 5.41) is 8.63. The van der Waals surface area contributed by atoms with Crippen molar-refractivity contribution in [3.05, 3.63) is 30.1 Å². The fourth-order valence-electron chi connectivity index (χ4n) is 2.33. The maximum atomic E-state index is 12.1. The van der Waals surface area contributed by atoms with Crippen LogP contribution in [0, 0.1) is 0 Å². The Morgan fingerprint density at radius 1 is 1.42 bits per heavy atom. The summed E-state index contributed by atoms with van der Waals surface area (Å²) in [6.45, 7) is 1.37. The van der Waals surface area contributed by atoms with Crippen LogP contribution in [0.1, 0.15) is 23.7 Å². The van der Waals surface area contributed by atoms with E-state index in [4.69, 9.17) is 4.74 Å². The summed E-state index contributed by atoms with van der Waals surface area (Å²) < 4.78 is 5.36. The second-order valence-corrected chi connectivity index (χ2v) is 5.11. The smallest absolute Gasteiger partial charge is 0.265 e. The van der Waals surface area contributed by atoms with E-state index in [0.29, 0.717) is 23.4 Å². The summed E-state index contributed by atoms with van der Waals surface area (Å²) >= 11 is 0. The molecule has 0 bridgehead atoms. The number of carbonyl (C=O) groups is 3. The van der Waals surface area contributed by atoms with E-state index in [9.17, 15) is 14.4 Å². The first-order valence-corrected chi connectivity index (χ1v) is 7.34. The van der Waals surface area contributed by atoms with Crippen molar-refractivity contribution in [2.45, 2.75) is 13.3 Å². The lowest BCUT2D eigenvalue weighted by Crippen LogP contribution is -2.43. The summed E-state index contributed by atoms with van der Waals surface area (Å²) in [5.74, 6) is -0.219. The van der Waals surface area contributed by atoms with Gasteiger partial charge >= 0.3 is 0 Å². The molecule has 124 valence electrons. The van der Waals surface area contributed by atoms with Crippen LogP contribution in [0.15, 0.2) is 24.5 Å². The summed E-state index contributed by atoms with van der Waals surface area (Å²) in [6.07, 6.45) is 1.60. The number of rotatable bonds is 5. The van der Waals surface area contributed by atoms with Gasteiger partial charge in [0.2, 0.25) is 11.9 Å². The molecule has 1 aliphatic heterocycles. The van der Waals surface area contributed by atoms with Gasteiger partial charge in [-0.15, -0.1) is 0 Å². The average Bonchev–Trinajstić information content (AvgIpc) is 3.09. The monoisotopic (exact) mass is 329 g/mol. The van der Waals surface area contributed by atoms with Gasteiger partial charge < -0.3 is 4.74 Å². The number of aromatic nitrogens is 3. The molecule has 3 rings (SSSR count). The number of fused-ring (bicyclic) bond motifs is 1. The fourth-order valence-corrected chi connectivity index (χ4v) is 2.33. The highest BCUT2D eigenvalue weighted by molar-refractivity contribution is 6.06. The van der Waals surface area contributed by atoms with Gasteiger partial charge in [-0.2, -0.15) is 10.1 Å². The Morgan fingerprint density at radius 2 is 2.25 bits per heavy atom. The van der Waals surface area contributed by atoms with Crippen LogP contribution in [0.25, 0.3) is 0 Å². The second kappa shape index (κ2) is 6.49. The molecule has 24 heavy (non-hydrogen) atoms. The van der Waals surface area contributed by atoms with Crippen LogP contribution in [0.5, 0.6) is 5.75 Å². The molecule has 1 aromatic carbocycles. The van der Waals surface area contributed by atoms with Crippen LogP contribution in [0.4, 0.5) is 11.6 Å². The highest BCUT2D eigenvalue weighted by atomic mass is 16.5. The molecule has 0 aliphatic carbocycles. The zero-order chi connectivity index (χ0) is 17.1. The number of hydrogen-bond donors (Lipinski definition) is 2. The maximum Gasteiger partial charge on any atom is 0.265 e. The number of benzene rings is 1. The van der Waals surface area contributed by atoms with E-state index in [0.717, 1.165) is 0 Å². The van der Waals surface area contributed by atoms with Crippen molar-refractivity contribution >= 4 is 29.2 Å². The minimum absolute atomic E-state index is 0.0538. The molecule has 2 N–H and O–H groups in total. The number of nitrogens with one attached hydrogen (secondary N) is 2. The molecule has 2 heterocycles. The van der Waals surface area contributed by atoms with Gasteiger partial charge in [0, 0.05) is 12.0 Å². The molecular weight excluding hydrogens is 314 g/mol. The molecule has 0 atom stereocenters. The second-order valence-electron chi connectivity index (χ2n) is 5.11. The van der Waals surface area contributed by atoms with Gasteiger partial charge in [-0.25, -0.2) is 5.10 Å². The van der Waals surface area contributed by atoms with Gasteiger partial charge in [0.15, 0.2) is 12.4 Å². The van der Waals surface area contributed by atoms with Gasteiger partial charge in [-0.3, -0.25) is 24.6 Å². The van der Waals surface area contributed by atoms with Crippen molar-refractivity contribution < 1.29 is 19.1 Å². The number of ether oxygens (including phenoxy) is 1. The first kappa shape index (κ1) is 15.7. The largest absolute Gasteiger partial charge is 0.482 e. The Hall–Kier alpha value is -3.23. The molecule has 0 spiro atoms. The zero-order valence-corrected chi connectivity index (χ0v) is 12.9. The number of H-pyrrole nitrogens is 1. The standard InChI is InChI=1S/C15H15N5O4/c1-2-11(21)9-3-4-12-10(5-9)20(14(23)7-24-12)6-13(22)18-15-16-8-17-19-15/h3-5,8H,2,6-7H2,1H3,(H2,16,17,18,19,22). The topological polar surface area (TPSA) is 117 Å². The van der Waals surface area contributed by atoms with Crippen molar-refractivity contribution in [3.8, 4) is 5.75 Å². The third-order valence-electron chi connectivity index (χ3n) is 3.52. The zero-order valence-electron chi connectivity index (χ0n) is 12.9. The number of nitrogens with zero attached hydrogens (tertiary/aromatic N) is 3. The molecule has 0 unspecified atom stereocenters. The molecule has 0 saturated carbocycles. The van der Waals surface area contributed by atoms with E-state index in [1.807, 2.05) is 0 Å². The number of amides is 2. The van der Waals surface area contributed by atoms with E-state index in [-0.39, 0.29) is 30.8 Å². The molecule has 0 saturated heterocycles. The lowest BCUT2D eigenvalue weighted by molar-refractivity contribution is -0.123. The van der Waals surface area contributed by atoms with Crippen molar-refractivity contribution in [3.63, 3.8) is 0 Å². The molecule has 0 radical (unpaired) electrons. The Balaban J connectivity index is 1.84. The molecule has 1 aromatic heterocycles. The summed E-state index contributed by atoms with van der Waals surface area (Å²) in [5.41, 5.74) is 0.869. The molecule has 2 amide bonds. The first-order valence-electron chi connectivity index (χ1n) is 7.34. The van der Waals surface area contributed by atoms with Crippen LogP contribution < -0.4 is 15.0 Å². The van der Waals surface area contributed by atoms with Crippen molar-refractivity contribution in [2.24, 2.45) is 0 Å². The lowest BCUT2D eigenvalue weighted by Gasteiger charge is -2.29. The van der Waals surface area contributed by atoms with E-state index >= 15 is 0 Å². The van der Waals surface area contributed by atoms with E-state index in [1.165, 1.54) is 11.2 Å². The maximum absolute atomic E-state index is 12.1. The Bertz CT molecular complexity index is 787. The molecule has 2 aromatic rings. The summed E-state index contributed by atoms with van der Waals surface area (Å²) in [6, 6.07) is 4.85. The quantitative estimate of drug-likeness (QED) is 0.782. The van der Waals surface area contributed by atoms with E-state index in [2.05, 4.69) is 20.5 Å². The van der Waals surface area contributed by atoms with Crippen molar-refractivity contribution in [1.29, 1.82) is 0 Å². The number of carbonyl (C=O) groups excluding carboxylic acids is 3. The Kier molecular flexibility index (Phi) is 4.23. The Labute approximate surface area is 137 Å². The van der Waals surface area contributed by atoms with Crippen LogP contribution in [-0.2, 0) is 9.59 Å². The predicted octanol–water partition coefficient (Wildman–Crippen LogP) is 0.761. The summed E-state index contributed by atoms with van der Waals surface area (Å²) in [7, 11) is 0. The highest BCUT2D eigenvalue weighted by Gasteiger charge is 2.28. The number of anilines is 2. The SMILES string of the molecule is CCC(=O)c1ccc2c(c1)N(CC(=O)Nc1ncn[nH]1)C(=O)CO2. The number of hydrogen-bond acceptors (Lipinski definition) is 6. The van der Waals surface area contributed by atoms with Crippen LogP contribution in [0.2, 0.25) is 0 Å². The fraction of sp³-hybridized carbons (Fsp3) is 0.267. The summed E-state index contributed by atoms with van der Waals surface area (Å²) in [4.78, 5) is 41.2. The number of ketones is 1. The molecule has 1 aliphatic rings. The highest BCUT2D eigenvalue weighted by Crippen LogP contribution is 2.33. The van der Waals surface area contributed by atoms with Crippen LogP contribution >= 0.6 is 0 Å². The third kappa shape index (κ3) is 3.09. The third-order valence-corrected chi connectivity index (χ3v) is 3.52. The van der Waals surface area contributed by atoms with Gasteiger partial charge in [0.1, 0.15) is 18.6 Å². The van der Waals surface area contributed by atoms with Crippen molar-refractivity contribution in [1.82, 2.24) is 15.2 Å². The minimum atomic E-state index is -0.444. The normalized spacial score (nSPS) is 13.2. The minimum Gasteiger partial charge on any atom is -0.482 e. The van der Waals surface area contributed by atoms with Gasteiger partial charge in [-0.1, -0.05) is 6.92 Å². The van der Waals surface area contributed by atoms with E-state index in [1.54, 1.807) is 25.1 Å².